The number of carbonyl (C=O) groups is 1. The molecule has 0 saturated heterocycles. The van der Waals surface area contributed by atoms with Crippen molar-refractivity contribution >= 4 is 5.97 Å². The third-order valence-corrected chi connectivity index (χ3v) is 2.53. The Labute approximate surface area is 104 Å². The van der Waals surface area contributed by atoms with Gasteiger partial charge in [0.05, 0.1) is 12.9 Å². The maximum atomic E-state index is 11.7. The van der Waals surface area contributed by atoms with Crippen LogP contribution in [0.4, 0.5) is 0 Å². The summed E-state index contributed by atoms with van der Waals surface area (Å²) in [5, 5.41) is 7.75. The number of hydrogen-bond donors (Lipinski definition) is 0. The average molecular weight is 249 g/mol. The zero-order valence-corrected chi connectivity index (χ0v) is 10.4. The largest absolute Gasteiger partial charge is 0.460 e. The molecule has 7 heteroatoms. The molecule has 0 atom stereocenters. The predicted molar refractivity (Wildman–Crippen MR) is 62.9 cm³/mol. The highest BCUT2D eigenvalue weighted by atomic mass is 16.5. The van der Waals surface area contributed by atoms with Gasteiger partial charge in [-0.25, -0.2) is 9.78 Å². The summed E-state index contributed by atoms with van der Waals surface area (Å²) in [5.74, 6) is 0.497. The van der Waals surface area contributed by atoms with E-state index in [0.717, 1.165) is 0 Å². The Morgan fingerprint density at radius 1 is 1.39 bits per heavy atom. The van der Waals surface area contributed by atoms with E-state index >= 15 is 0 Å². The fourth-order valence-corrected chi connectivity index (χ4v) is 1.63. The first-order valence-corrected chi connectivity index (χ1v) is 5.75. The third kappa shape index (κ3) is 2.55. The van der Waals surface area contributed by atoms with Crippen LogP contribution in [0.1, 0.15) is 23.4 Å². The minimum absolute atomic E-state index is 0.245. The van der Waals surface area contributed by atoms with E-state index in [9.17, 15) is 4.79 Å². The Bertz CT molecular complexity index is 518. The lowest BCUT2D eigenvalue weighted by molar-refractivity contribution is 0.0505. The minimum atomic E-state index is -0.441. The summed E-state index contributed by atoms with van der Waals surface area (Å²) in [6, 6.07) is 0. The molecule has 2 aromatic heterocycles. The van der Waals surface area contributed by atoms with Crippen LogP contribution in [0.25, 0.3) is 0 Å². The Hall–Kier alpha value is -2.18. The van der Waals surface area contributed by atoms with Crippen molar-refractivity contribution in [3.05, 3.63) is 30.4 Å². The molecule has 0 radical (unpaired) electrons. The number of rotatable bonds is 5. The molecule has 2 aromatic rings. The Morgan fingerprint density at radius 2 is 2.22 bits per heavy atom. The molecule has 2 rings (SSSR count). The van der Waals surface area contributed by atoms with Crippen molar-refractivity contribution in [2.75, 3.05) is 6.61 Å². The first-order chi connectivity index (χ1) is 8.72. The molecule has 0 unspecified atom stereocenters. The fraction of sp³-hybridized carbons (Fsp3) is 0.455. The number of hydrogen-bond acceptors (Lipinski definition) is 5. The molecule has 0 aliphatic heterocycles. The molecule has 0 spiro atoms. The Balaban J connectivity index is 2.11. The van der Waals surface area contributed by atoms with Crippen LogP contribution in [0.3, 0.4) is 0 Å². The molecule has 0 aliphatic rings. The first kappa shape index (κ1) is 12.3. The second kappa shape index (κ2) is 5.44. The standard InChI is InChI=1S/C11H15N5O2/c1-3-18-11(17)10-14-13-9(2)16(10)7-6-15-5-4-12-8-15/h4-5,8H,3,6-7H2,1-2H3. The summed E-state index contributed by atoms with van der Waals surface area (Å²) in [6.07, 6.45) is 5.30. The number of aromatic nitrogens is 5. The van der Waals surface area contributed by atoms with E-state index in [4.69, 9.17) is 4.74 Å². The molecule has 7 nitrogen and oxygen atoms in total. The molecule has 0 bridgehead atoms. The lowest BCUT2D eigenvalue weighted by Gasteiger charge is -2.08. The summed E-state index contributed by atoms with van der Waals surface area (Å²) in [5.41, 5.74) is 0. The van der Waals surface area contributed by atoms with Crippen LogP contribution < -0.4 is 0 Å². The van der Waals surface area contributed by atoms with Crippen molar-refractivity contribution in [3.63, 3.8) is 0 Å². The molecule has 2 heterocycles. The van der Waals surface area contributed by atoms with Gasteiger partial charge in [-0.05, 0) is 13.8 Å². The third-order valence-electron chi connectivity index (χ3n) is 2.53. The van der Waals surface area contributed by atoms with Gasteiger partial charge in [-0.15, -0.1) is 10.2 Å². The predicted octanol–water partition coefficient (Wildman–Crippen LogP) is 0.660. The van der Waals surface area contributed by atoms with E-state index < -0.39 is 5.97 Å². The summed E-state index contributed by atoms with van der Waals surface area (Å²) < 4.78 is 8.61. The Morgan fingerprint density at radius 3 is 2.89 bits per heavy atom. The zero-order valence-electron chi connectivity index (χ0n) is 10.4. The van der Waals surface area contributed by atoms with Crippen molar-refractivity contribution in [2.24, 2.45) is 0 Å². The van der Waals surface area contributed by atoms with Crippen LogP contribution in [-0.2, 0) is 17.8 Å². The Kier molecular flexibility index (Phi) is 3.71. The molecule has 0 fully saturated rings. The van der Waals surface area contributed by atoms with Crippen molar-refractivity contribution in [1.82, 2.24) is 24.3 Å². The molecule has 0 N–H and O–H groups in total. The molecular formula is C11H15N5O2. The van der Waals surface area contributed by atoms with Crippen molar-refractivity contribution in [2.45, 2.75) is 26.9 Å². The number of aryl methyl sites for hydroxylation is 2. The SMILES string of the molecule is CCOC(=O)c1nnc(C)n1CCn1ccnc1. The number of nitrogens with zero attached hydrogens (tertiary/aromatic N) is 5. The van der Waals surface area contributed by atoms with E-state index in [1.165, 1.54) is 0 Å². The second-order valence-corrected chi connectivity index (χ2v) is 3.74. The van der Waals surface area contributed by atoms with E-state index in [1.807, 2.05) is 17.7 Å². The maximum Gasteiger partial charge on any atom is 0.376 e. The van der Waals surface area contributed by atoms with Crippen LogP contribution in [-0.4, -0.2) is 36.9 Å². The highest BCUT2D eigenvalue weighted by Gasteiger charge is 2.17. The van der Waals surface area contributed by atoms with Crippen LogP contribution in [0.2, 0.25) is 0 Å². The van der Waals surface area contributed by atoms with Crippen LogP contribution in [0.5, 0.6) is 0 Å². The van der Waals surface area contributed by atoms with Crippen molar-refractivity contribution in [1.29, 1.82) is 0 Å². The molecule has 0 amide bonds. The van der Waals surface area contributed by atoms with Gasteiger partial charge < -0.3 is 13.9 Å². The summed E-state index contributed by atoms with van der Waals surface area (Å²) in [4.78, 5) is 15.6. The lowest BCUT2D eigenvalue weighted by Crippen LogP contribution is -2.16. The van der Waals surface area contributed by atoms with Gasteiger partial charge in [-0.2, -0.15) is 0 Å². The topological polar surface area (TPSA) is 74.8 Å². The van der Waals surface area contributed by atoms with Gasteiger partial charge in [-0.3, -0.25) is 0 Å². The van der Waals surface area contributed by atoms with Crippen LogP contribution in [0.15, 0.2) is 18.7 Å². The number of ether oxygens (including phenoxy) is 1. The number of carbonyl (C=O) groups excluding carboxylic acids is 1. The van der Waals surface area contributed by atoms with Crippen LogP contribution >= 0.6 is 0 Å². The van der Waals surface area contributed by atoms with E-state index in [2.05, 4.69) is 15.2 Å². The fourth-order valence-electron chi connectivity index (χ4n) is 1.63. The monoisotopic (exact) mass is 249 g/mol. The van der Waals surface area contributed by atoms with E-state index in [-0.39, 0.29) is 5.82 Å². The first-order valence-electron chi connectivity index (χ1n) is 5.75. The summed E-state index contributed by atoms with van der Waals surface area (Å²) >= 11 is 0. The van der Waals surface area contributed by atoms with Gasteiger partial charge in [0.1, 0.15) is 5.82 Å². The van der Waals surface area contributed by atoms with Crippen LogP contribution in [0, 0.1) is 6.92 Å². The summed E-state index contributed by atoms with van der Waals surface area (Å²) in [6.45, 7) is 5.20. The average Bonchev–Trinajstić information content (AvgIpc) is 2.96. The normalized spacial score (nSPS) is 10.6. The van der Waals surface area contributed by atoms with Gasteiger partial charge in [0.15, 0.2) is 0 Å². The quantitative estimate of drug-likeness (QED) is 0.728. The molecule has 18 heavy (non-hydrogen) atoms. The van der Waals surface area contributed by atoms with Gasteiger partial charge >= 0.3 is 5.97 Å². The van der Waals surface area contributed by atoms with Gasteiger partial charge in [0, 0.05) is 25.5 Å². The molecule has 0 saturated carbocycles. The smallest absolute Gasteiger partial charge is 0.376 e. The molecule has 0 aliphatic carbocycles. The highest BCUT2D eigenvalue weighted by Crippen LogP contribution is 2.04. The molecule has 0 aromatic carbocycles. The van der Waals surface area contributed by atoms with Gasteiger partial charge in [0.25, 0.3) is 0 Å². The molecule has 96 valence electrons. The molecular weight excluding hydrogens is 234 g/mol. The number of esters is 1. The van der Waals surface area contributed by atoms with E-state index in [0.29, 0.717) is 25.5 Å². The number of imidazole rings is 1. The van der Waals surface area contributed by atoms with E-state index in [1.54, 1.807) is 24.0 Å². The zero-order chi connectivity index (χ0) is 13.0. The maximum absolute atomic E-state index is 11.7. The highest BCUT2D eigenvalue weighted by molar-refractivity contribution is 5.85. The lowest BCUT2D eigenvalue weighted by atomic mass is 10.5. The summed E-state index contributed by atoms with van der Waals surface area (Å²) in [7, 11) is 0. The minimum Gasteiger partial charge on any atom is -0.460 e. The van der Waals surface area contributed by atoms with Gasteiger partial charge in [-0.1, -0.05) is 0 Å². The van der Waals surface area contributed by atoms with Gasteiger partial charge in [0.2, 0.25) is 5.82 Å². The van der Waals surface area contributed by atoms with Crippen molar-refractivity contribution in [3.8, 4) is 0 Å². The second-order valence-electron chi connectivity index (χ2n) is 3.74. The van der Waals surface area contributed by atoms with Crippen molar-refractivity contribution < 1.29 is 9.53 Å².